The van der Waals surface area contributed by atoms with Crippen molar-refractivity contribution in [3.63, 3.8) is 0 Å². The van der Waals surface area contributed by atoms with Crippen molar-refractivity contribution in [2.75, 3.05) is 0 Å². The van der Waals surface area contributed by atoms with Crippen molar-refractivity contribution in [2.24, 2.45) is 5.92 Å². The third kappa shape index (κ3) is 2.58. The second kappa shape index (κ2) is 5.39. The molecule has 0 aromatic heterocycles. The van der Waals surface area contributed by atoms with Crippen LogP contribution in [0.4, 0.5) is 0 Å². The van der Waals surface area contributed by atoms with E-state index in [9.17, 15) is 14.4 Å². The number of benzene rings is 1. The minimum Gasteiger partial charge on any atom is -1.00 e. The van der Waals surface area contributed by atoms with E-state index in [0.717, 1.165) is 0 Å². The van der Waals surface area contributed by atoms with Crippen LogP contribution >= 0.6 is 0 Å². The Hall–Kier alpha value is -0.970. The van der Waals surface area contributed by atoms with Gasteiger partial charge in [0.25, 0.3) is 0 Å². The van der Waals surface area contributed by atoms with Crippen LogP contribution in [0.15, 0.2) is 30.3 Å². The Labute approximate surface area is 116 Å². The van der Waals surface area contributed by atoms with Crippen LogP contribution in [-0.2, 0) is 9.59 Å². The Bertz CT molecular complexity index is 436. The van der Waals surface area contributed by atoms with Gasteiger partial charge >= 0.3 is 29.6 Å². The van der Waals surface area contributed by atoms with Crippen molar-refractivity contribution >= 4 is 17.6 Å². The molecule has 1 aliphatic heterocycles. The normalized spacial score (nSPS) is 18.9. The van der Waals surface area contributed by atoms with E-state index in [-0.39, 0.29) is 49.1 Å². The molecule has 0 bridgehead atoms. The zero-order valence-corrected chi connectivity index (χ0v) is 10.9. The van der Waals surface area contributed by atoms with Crippen molar-refractivity contribution in [1.82, 2.24) is 5.32 Å². The minimum atomic E-state index is -0.847. The molecule has 1 unspecified atom stereocenters. The summed E-state index contributed by atoms with van der Waals surface area (Å²) in [7, 11) is 0. The minimum absolute atomic E-state index is 0. The molecule has 2 amide bonds. The summed E-state index contributed by atoms with van der Waals surface area (Å²) in [5.74, 6) is -2.01. The van der Waals surface area contributed by atoms with Crippen molar-refractivity contribution in [2.45, 2.75) is 6.42 Å². The van der Waals surface area contributed by atoms with Crippen LogP contribution in [0.3, 0.4) is 0 Å². The number of amides is 2. The molecule has 1 aromatic carbocycles. The van der Waals surface area contributed by atoms with Gasteiger partial charge in [0.15, 0.2) is 5.78 Å². The van der Waals surface area contributed by atoms with Gasteiger partial charge in [-0.2, -0.15) is 0 Å². The average molecular weight is 227 g/mol. The van der Waals surface area contributed by atoms with Gasteiger partial charge in [0, 0.05) is 12.0 Å². The van der Waals surface area contributed by atoms with Gasteiger partial charge in [-0.3, -0.25) is 19.7 Å². The molecule has 16 heavy (non-hydrogen) atoms. The Balaban J connectivity index is 0.00000128. The van der Waals surface area contributed by atoms with E-state index < -0.39 is 11.8 Å². The van der Waals surface area contributed by atoms with Crippen LogP contribution in [0, 0.1) is 5.92 Å². The maximum absolute atomic E-state index is 11.8. The van der Waals surface area contributed by atoms with Crippen LogP contribution in [0.1, 0.15) is 18.2 Å². The topological polar surface area (TPSA) is 63.2 Å². The second-order valence-electron chi connectivity index (χ2n) is 3.40. The molecular weight excluding hydrogens is 217 g/mol. The van der Waals surface area contributed by atoms with E-state index in [1.807, 2.05) is 0 Å². The molecule has 1 heterocycles. The first-order valence-electron chi connectivity index (χ1n) is 4.61. The van der Waals surface area contributed by atoms with Gasteiger partial charge in [-0.25, -0.2) is 0 Å². The quantitative estimate of drug-likeness (QED) is 0.266. The molecule has 1 fully saturated rings. The summed E-state index contributed by atoms with van der Waals surface area (Å²) < 4.78 is 0. The number of rotatable bonds is 2. The summed E-state index contributed by atoms with van der Waals surface area (Å²) in [5, 5.41) is 2.12. The molecule has 4 nitrogen and oxygen atoms in total. The first-order chi connectivity index (χ1) is 7.18. The van der Waals surface area contributed by atoms with E-state index in [0.29, 0.717) is 5.56 Å². The third-order valence-corrected chi connectivity index (χ3v) is 2.34. The summed E-state index contributed by atoms with van der Waals surface area (Å²) in [6.45, 7) is 0. The molecule has 1 N–H and O–H groups in total. The first-order valence-corrected chi connectivity index (χ1v) is 4.61. The Morgan fingerprint density at radius 3 is 2.38 bits per heavy atom. The Morgan fingerprint density at radius 2 is 1.88 bits per heavy atom. The van der Waals surface area contributed by atoms with Crippen molar-refractivity contribution in [3.05, 3.63) is 35.9 Å². The van der Waals surface area contributed by atoms with Crippen LogP contribution in [0.2, 0.25) is 0 Å². The number of Topliss-reactive ketones (excluding diaryl/α,β-unsaturated/α-hetero) is 1. The SMILES string of the molecule is O=C1CC(C(=O)c2ccccc2)C(=O)N1.[H-].[Na+]. The molecule has 0 spiro atoms. The second-order valence-corrected chi connectivity index (χ2v) is 3.40. The van der Waals surface area contributed by atoms with Gasteiger partial charge < -0.3 is 1.43 Å². The van der Waals surface area contributed by atoms with Crippen molar-refractivity contribution in [3.8, 4) is 0 Å². The van der Waals surface area contributed by atoms with Crippen LogP contribution in [0.5, 0.6) is 0 Å². The van der Waals surface area contributed by atoms with Crippen molar-refractivity contribution < 1.29 is 45.4 Å². The maximum Gasteiger partial charge on any atom is 1.00 e. The van der Waals surface area contributed by atoms with E-state index >= 15 is 0 Å². The van der Waals surface area contributed by atoms with Crippen LogP contribution < -0.4 is 34.9 Å². The molecule has 0 aliphatic carbocycles. The number of nitrogens with one attached hydrogen (secondary N) is 1. The zero-order chi connectivity index (χ0) is 10.8. The van der Waals surface area contributed by atoms with Crippen molar-refractivity contribution in [1.29, 1.82) is 0 Å². The van der Waals surface area contributed by atoms with Gasteiger partial charge in [-0.05, 0) is 0 Å². The number of hydrogen-bond acceptors (Lipinski definition) is 3. The summed E-state index contributed by atoms with van der Waals surface area (Å²) in [6.07, 6.45) is -0.0352. The number of imide groups is 1. The van der Waals surface area contributed by atoms with Gasteiger partial charge in [-0.15, -0.1) is 0 Å². The fourth-order valence-corrected chi connectivity index (χ4v) is 1.57. The number of ketones is 1. The van der Waals surface area contributed by atoms with Crippen LogP contribution in [0.25, 0.3) is 0 Å². The molecule has 5 heteroatoms. The van der Waals surface area contributed by atoms with E-state index in [1.54, 1.807) is 30.3 Å². The molecular formula is C11H10NNaO3. The van der Waals surface area contributed by atoms with E-state index in [4.69, 9.17) is 0 Å². The molecule has 78 valence electrons. The standard InChI is InChI=1S/C11H9NO3.Na.H/c13-9-6-8(11(15)12-9)10(14)7-4-2-1-3-5-7;;/h1-5,8H,6H2,(H,12,13,15);;/q;+1;-1. The van der Waals surface area contributed by atoms with Gasteiger partial charge in [-0.1, -0.05) is 30.3 Å². The predicted molar refractivity (Wildman–Crippen MR) is 53.1 cm³/mol. The Kier molecular flexibility index (Phi) is 4.41. The fourth-order valence-electron chi connectivity index (χ4n) is 1.57. The van der Waals surface area contributed by atoms with Gasteiger partial charge in [0.2, 0.25) is 11.8 Å². The maximum atomic E-state index is 11.8. The fraction of sp³-hybridized carbons (Fsp3) is 0.182. The monoisotopic (exact) mass is 227 g/mol. The van der Waals surface area contributed by atoms with E-state index in [1.165, 1.54) is 0 Å². The molecule has 1 saturated heterocycles. The van der Waals surface area contributed by atoms with Gasteiger partial charge in [0.05, 0.1) is 0 Å². The van der Waals surface area contributed by atoms with E-state index in [2.05, 4.69) is 5.32 Å². The molecule has 1 aromatic rings. The Morgan fingerprint density at radius 1 is 1.25 bits per heavy atom. The number of carbonyl (C=O) groups excluding carboxylic acids is 3. The summed E-state index contributed by atoms with van der Waals surface area (Å²) in [4.78, 5) is 34.0. The number of hydrogen-bond donors (Lipinski definition) is 1. The number of carbonyl (C=O) groups is 3. The molecule has 0 radical (unpaired) electrons. The molecule has 1 atom stereocenters. The van der Waals surface area contributed by atoms with Gasteiger partial charge in [0.1, 0.15) is 5.92 Å². The summed E-state index contributed by atoms with van der Waals surface area (Å²) in [5.41, 5.74) is 0.465. The van der Waals surface area contributed by atoms with Crippen LogP contribution in [-0.4, -0.2) is 17.6 Å². The zero-order valence-electron chi connectivity index (χ0n) is 9.90. The molecule has 1 aliphatic rings. The predicted octanol–water partition coefficient (Wildman–Crippen LogP) is -2.35. The summed E-state index contributed by atoms with van der Waals surface area (Å²) in [6, 6.07) is 8.51. The average Bonchev–Trinajstić information content (AvgIpc) is 2.58. The molecule has 2 rings (SSSR count). The largest absolute Gasteiger partial charge is 1.00 e. The smallest absolute Gasteiger partial charge is 1.00 e. The third-order valence-electron chi connectivity index (χ3n) is 2.34. The first kappa shape index (κ1) is 13.1. The summed E-state index contributed by atoms with van der Waals surface area (Å²) >= 11 is 0. The molecule has 0 saturated carbocycles.